The lowest BCUT2D eigenvalue weighted by molar-refractivity contribution is -0.121. The summed E-state index contributed by atoms with van der Waals surface area (Å²) in [6.45, 7) is 0. The lowest BCUT2D eigenvalue weighted by atomic mass is 9.90. The molecule has 25 heavy (non-hydrogen) atoms. The highest BCUT2D eigenvalue weighted by atomic mass is 31.2. The molecule has 0 aliphatic rings. The van der Waals surface area contributed by atoms with Gasteiger partial charge in [-0.15, -0.1) is 0 Å². The molecule has 1 unspecified atom stereocenters. The Hall–Kier alpha value is -2.27. The molecule has 0 heterocycles. The molecule has 0 aliphatic heterocycles. The van der Waals surface area contributed by atoms with Gasteiger partial charge in [0.2, 0.25) is 5.79 Å². The first-order chi connectivity index (χ1) is 11.9. The molecular formula is C19H17O5P. The summed E-state index contributed by atoms with van der Waals surface area (Å²) < 4.78 is 16.4. The van der Waals surface area contributed by atoms with Crippen molar-refractivity contribution >= 4 is 7.82 Å². The van der Waals surface area contributed by atoms with E-state index in [0.717, 1.165) is 5.56 Å². The molecule has 0 saturated carbocycles. The molecule has 3 rings (SSSR count). The minimum absolute atomic E-state index is 0.224. The van der Waals surface area contributed by atoms with Crippen LogP contribution in [0.3, 0.4) is 0 Å². The summed E-state index contributed by atoms with van der Waals surface area (Å²) in [5, 5.41) is 11.2. The summed E-state index contributed by atoms with van der Waals surface area (Å²) in [4.78, 5) is 18.7. The molecule has 5 nitrogen and oxygen atoms in total. The van der Waals surface area contributed by atoms with Gasteiger partial charge in [-0.2, -0.15) is 0 Å². The Balaban J connectivity index is 2.24. The Morgan fingerprint density at radius 1 is 0.760 bits per heavy atom. The van der Waals surface area contributed by atoms with E-state index in [-0.39, 0.29) is 11.1 Å². The largest absolute Gasteiger partial charge is 0.472 e. The van der Waals surface area contributed by atoms with E-state index in [0.29, 0.717) is 5.56 Å². The van der Waals surface area contributed by atoms with Gasteiger partial charge in [0.15, 0.2) is 0 Å². The Labute approximate surface area is 145 Å². The predicted molar refractivity (Wildman–Crippen MR) is 94.4 cm³/mol. The van der Waals surface area contributed by atoms with Gasteiger partial charge in [-0.25, -0.2) is 9.09 Å². The lowest BCUT2D eigenvalue weighted by Crippen LogP contribution is -2.30. The zero-order chi connectivity index (χ0) is 17.9. The van der Waals surface area contributed by atoms with Crippen LogP contribution < -0.4 is 0 Å². The SMILES string of the molecule is O=P(O)(O)OC(O)(c1ccccc1)c1ccccc1-c1ccccc1. The van der Waals surface area contributed by atoms with E-state index < -0.39 is 13.6 Å². The molecular weight excluding hydrogens is 339 g/mol. The average Bonchev–Trinajstić information content (AvgIpc) is 2.62. The fourth-order valence-electron chi connectivity index (χ4n) is 2.74. The van der Waals surface area contributed by atoms with Crippen LogP contribution in [0.2, 0.25) is 0 Å². The third-order valence-corrected chi connectivity index (χ3v) is 4.30. The second-order valence-electron chi connectivity index (χ2n) is 5.50. The molecule has 0 spiro atoms. The number of phosphoric acid groups is 1. The molecule has 0 saturated heterocycles. The summed E-state index contributed by atoms with van der Waals surface area (Å²) in [6.07, 6.45) is 0. The van der Waals surface area contributed by atoms with Crippen molar-refractivity contribution in [3.63, 3.8) is 0 Å². The van der Waals surface area contributed by atoms with Crippen LogP contribution in [0, 0.1) is 0 Å². The second-order valence-corrected chi connectivity index (χ2v) is 6.67. The maximum absolute atomic E-state index is 11.6. The number of hydrogen-bond donors (Lipinski definition) is 3. The van der Waals surface area contributed by atoms with Crippen LogP contribution in [0.15, 0.2) is 84.9 Å². The quantitative estimate of drug-likeness (QED) is 0.480. The fraction of sp³-hybridized carbons (Fsp3) is 0.0526. The number of phosphoric ester groups is 1. The first-order valence-electron chi connectivity index (χ1n) is 7.59. The zero-order valence-corrected chi connectivity index (χ0v) is 14.1. The minimum atomic E-state index is -4.98. The van der Waals surface area contributed by atoms with Crippen LogP contribution in [-0.2, 0) is 14.9 Å². The summed E-state index contributed by atoms with van der Waals surface area (Å²) in [7, 11) is -4.98. The second kappa shape index (κ2) is 6.92. The summed E-state index contributed by atoms with van der Waals surface area (Å²) in [5.74, 6) is -2.30. The van der Waals surface area contributed by atoms with Crippen LogP contribution in [-0.4, -0.2) is 14.9 Å². The van der Waals surface area contributed by atoms with Crippen molar-refractivity contribution in [3.05, 3.63) is 96.1 Å². The zero-order valence-electron chi connectivity index (χ0n) is 13.2. The normalized spacial score (nSPS) is 14.0. The van der Waals surface area contributed by atoms with Gasteiger partial charge in [-0.1, -0.05) is 84.9 Å². The average molecular weight is 356 g/mol. The maximum atomic E-state index is 11.6. The molecule has 6 heteroatoms. The minimum Gasteiger partial charge on any atom is -0.358 e. The molecule has 0 aliphatic carbocycles. The molecule has 3 aromatic carbocycles. The molecule has 0 amide bonds. The molecule has 0 aromatic heterocycles. The van der Waals surface area contributed by atoms with E-state index in [1.807, 2.05) is 30.3 Å². The first kappa shape index (κ1) is 17.5. The molecule has 128 valence electrons. The standard InChI is InChI=1S/C19H17O5P/c20-19(24-25(21,22)23,16-11-5-2-6-12-16)18-14-8-7-13-17(18)15-9-3-1-4-10-15/h1-14,20H,(H2,21,22,23). The molecule has 3 N–H and O–H groups in total. The molecule has 0 fully saturated rings. The highest BCUT2D eigenvalue weighted by molar-refractivity contribution is 7.46. The monoisotopic (exact) mass is 356 g/mol. The number of rotatable bonds is 5. The molecule has 0 bridgehead atoms. The van der Waals surface area contributed by atoms with Gasteiger partial charge >= 0.3 is 7.82 Å². The lowest BCUT2D eigenvalue weighted by Gasteiger charge is -2.31. The Morgan fingerprint density at radius 3 is 1.88 bits per heavy atom. The highest BCUT2D eigenvalue weighted by Crippen LogP contribution is 2.49. The van der Waals surface area contributed by atoms with Gasteiger partial charge < -0.3 is 14.9 Å². The molecule has 1 atom stereocenters. The van der Waals surface area contributed by atoms with Gasteiger partial charge in [-0.05, 0) is 11.1 Å². The molecule has 3 aromatic rings. The van der Waals surface area contributed by atoms with E-state index >= 15 is 0 Å². The van der Waals surface area contributed by atoms with E-state index in [1.54, 1.807) is 54.6 Å². The smallest absolute Gasteiger partial charge is 0.358 e. The Morgan fingerprint density at radius 2 is 1.28 bits per heavy atom. The Kier molecular flexibility index (Phi) is 4.86. The molecule has 0 radical (unpaired) electrons. The van der Waals surface area contributed by atoms with E-state index in [2.05, 4.69) is 0 Å². The van der Waals surface area contributed by atoms with Crippen LogP contribution in [0.4, 0.5) is 0 Å². The van der Waals surface area contributed by atoms with Crippen LogP contribution in [0.25, 0.3) is 11.1 Å². The first-order valence-corrected chi connectivity index (χ1v) is 9.12. The van der Waals surface area contributed by atoms with Crippen molar-refractivity contribution in [1.82, 2.24) is 0 Å². The van der Waals surface area contributed by atoms with Crippen molar-refractivity contribution in [1.29, 1.82) is 0 Å². The van der Waals surface area contributed by atoms with Crippen LogP contribution in [0.5, 0.6) is 0 Å². The fourth-order valence-corrected chi connectivity index (χ4v) is 3.29. The van der Waals surface area contributed by atoms with Gasteiger partial charge in [0.1, 0.15) is 0 Å². The summed E-state index contributed by atoms with van der Waals surface area (Å²) in [6, 6.07) is 24.2. The number of benzene rings is 3. The van der Waals surface area contributed by atoms with Crippen molar-refractivity contribution in [2.45, 2.75) is 5.79 Å². The maximum Gasteiger partial charge on any atom is 0.472 e. The third-order valence-electron chi connectivity index (χ3n) is 3.79. The van der Waals surface area contributed by atoms with E-state index in [1.165, 1.54) is 0 Å². The number of aliphatic hydroxyl groups is 1. The van der Waals surface area contributed by atoms with Gasteiger partial charge in [-0.3, -0.25) is 0 Å². The highest BCUT2D eigenvalue weighted by Gasteiger charge is 2.41. The van der Waals surface area contributed by atoms with Crippen molar-refractivity contribution < 1.29 is 24.0 Å². The summed E-state index contributed by atoms with van der Waals surface area (Å²) in [5.41, 5.74) is 1.88. The third kappa shape index (κ3) is 3.87. The van der Waals surface area contributed by atoms with E-state index in [9.17, 15) is 19.5 Å². The predicted octanol–water partition coefficient (Wildman–Crippen LogP) is 3.66. The summed E-state index contributed by atoms with van der Waals surface area (Å²) >= 11 is 0. The number of hydrogen-bond acceptors (Lipinski definition) is 3. The van der Waals surface area contributed by atoms with Gasteiger partial charge in [0.05, 0.1) is 0 Å². The van der Waals surface area contributed by atoms with Crippen LogP contribution >= 0.6 is 7.82 Å². The topological polar surface area (TPSA) is 87.0 Å². The van der Waals surface area contributed by atoms with Gasteiger partial charge in [0.25, 0.3) is 0 Å². The van der Waals surface area contributed by atoms with Gasteiger partial charge in [0, 0.05) is 11.1 Å². The van der Waals surface area contributed by atoms with Crippen molar-refractivity contribution in [2.75, 3.05) is 0 Å². The van der Waals surface area contributed by atoms with Crippen molar-refractivity contribution in [2.24, 2.45) is 0 Å². The van der Waals surface area contributed by atoms with Crippen molar-refractivity contribution in [3.8, 4) is 11.1 Å². The Bertz CT molecular complexity index is 892. The van der Waals surface area contributed by atoms with E-state index in [4.69, 9.17) is 4.52 Å². The van der Waals surface area contributed by atoms with Crippen LogP contribution in [0.1, 0.15) is 11.1 Å².